The topological polar surface area (TPSA) is 26.8 Å². The van der Waals surface area contributed by atoms with E-state index in [9.17, 15) is 4.79 Å². The fourth-order valence-electron chi connectivity index (χ4n) is 4.98. The van der Waals surface area contributed by atoms with Gasteiger partial charge in [0, 0.05) is 57.3 Å². The molecule has 2 saturated heterocycles. The summed E-state index contributed by atoms with van der Waals surface area (Å²) < 4.78 is 0. The number of carbonyl (C=O) groups is 1. The number of likely N-dealkylation sites (tertiary alicyclic amines) is 1. The van der Waals surface area contributed by atoms with Gasteiger partial charge in [0.05, 0.1) is 0 Å². The summed E-state index contributed by atoms with van der Waals surface area (Å²) in [4.78, 5) is 20.4. The summed E-state index contributed by atoms with van der Waals surface area (Å²) in [6, 6.07) is 0.669. The van der Waals surface area contributed by atoms with Crippen LogP contribution in [0, 0.1) is 16.7 Å². The summed E-state index contributed by atoms with van der Waals surface area (Å²) in [7, 11) is 0. The lowest BCUT2D eigenvalue weighted by Gasteiger charge is -2.42. The molecular formula is C22H43N3O. The highest BCUT2D eigenvalue weighted by Gasteiger charge is 2.37. The van der Waals surface area contributed by atoms with Gasteiger partial charge in [0.15, 0.2) is 0 Å². The molecule has 2 heterocycles. The van der Waals surface area contributed by atoms with E-state index in [0.29, 0.717) is 11.9 Å². The summed E-state index contributed by atoms with van der Waals surface area (Å²) in [5, 5.41) is 0. The van der Waals surface area contributed by atoms with Crippen LogP contribution in [0.15, 0.2) is 0 Å². The maximum absolute atomic E-state index is 13.0. The molecule has 2 fully saturated rings. The highest BCUT2D eigenvalue weighted by Crippen LogP contribution is 2.35. The first-order valence-electron chi connectivity index (χ1n) is 10.7. The van der Waals surface area contributed by atoms with E-state index in [1.165, 1.54) is 45.6 Å². The van der Waals surface area contributed by atoms with E-state index in [1.54, 1.807) is 0 Å². The minimum atomic E-state index is -0.252. The van der Waals surface area contributed by atoms with Crippen molar-refractivity contribution in [3.63, 3.8) is 0 Å². The number of nitrogens with zero attached hydrogens (tertiary/aromatic N) is 3. The van der Waals surface area contributed by atoms with Crippen molar-refractivity contribution in [1.82, 2.24) is 14.7 Å². The Balaban J connectivity index is 1.76. The van der Waals surface area contributed by atoms with Crippen molar-refractivity contribution in [3.8, 4) is 0 Å². The molecule has 0 aromatic carbocycles. The lowest BCUT2D eigenvalue weighted by atomic mass is 9.75. The molecule has 2 aliphatic heterocycles. The zero-order valence-electron chi connectivity index (χ0n) is 18.5. The first kappa shape index (κ1) is 21.7. The van der Waals surface area contributed by atoms with Crippen LogP contribution >= 0.6 is 0 Å². The smallest absolute Gasteiger partial charge is 0.228 e. The monoisotopic (exact) mass is 365 g/mol. The fourth-order valence-corrected chi connectivity index (χ4v) is 4.98. The highest BCUT2D eigenvalue weighted by atomic mass is 16.2. The van der Waals surface area contributed by atoms with E-state index in [0.717, 1.165) is 25.4 Å². The summed E-state index contributed by atoms with van der Waals surface area (Å²) in [5.41, 5.74) is -0.0616. The van der Waals surface area contributed by atoms with Crippen molar-refractivity contribution >= 4 is 5.91 Å². The Kier molecular flexibility index (Phi) is 7.17. The van der Waals surface area contributed by atoms with E-state index < -0.39 is 0 Å². The molecule has 2 rings (SSSR count). The van der Waals surface area contributed by atoms with E-state index in [4.69, 9.17) is 0 Å². The van der Waals surface area contributed by atoms with Crippen molar-refractivity contribution in [2.75, 3.05) is 45.8 Å². The average Bonchev–Trinajstić information content (AvgIpc) is 2.53. The third-order valence-electron chi connectivity index (χ3n) is 6.11. The van der Waals surface area contributed by atoms with Crippen molar-refractivity contribution < 1.29 is 4.79 Å². The van der Waals surface area contributed by atoms with Crippen molar-refractivity contribution in [2.45, 2.75) is 73.8 Å². The van der Waals surface area contributed by atoms with Crippen LogP contribution in [0.5, 0.6) is 0 Å². The summed E-state index contributed by atoms with van der Waals surface area (Å²) in [5.74, 6) is 1.12. The van der Waals surface area contributed by atoms with Gasteiger partial charge in [0.2, 0.25) is 5.91 Å². The minimum Gasteiger partial charge on any atom is -0.342 e. The van der Waals surface area contributed by atoms with Gasteiger partial charge in [-0.1, -0.05) is 34.6 Å². The lowest BCUT2D eigenvalue weighted by Crippen LogP contribution is -2.51. The second-order valence-electron chi connectivity index (χ2n) is 10.8. The number of amides is 1. The van der Waals surface area contributed by atoms with Gasteiger partial charge in [-0.25, -0.2) is 0 Å². The molecule has 26 heavy (non-hydrogen) atoms. The van der Waals surface area contributed by atoms with E-state index in [2.05, 4.69) is 63.2 Å². The summed E-state index contributed by atoms with van der Waals surface area (Å²) in [6.45, 7) is 23.5. The van der Waals surface area contributed by atoms with Crippen molar-refractivity contribution in [2.24, 2.45) is 16.7 Å². The molecule has 0 saturated carbocycles. The third kappa shape index (κ3) is 6.23. The highest BCUT2D eigenvalue weighted by molar-refractivity contribution is 5.82. The first-order chi connectivity index (χ1) is 12.0. The molecule has 0 aromatic rings. The van der Waals surface area contributed by atoms with Gasteiger partial charge in [0.1, 0.15) is 0 Å². The molecule has 0 atom stereocenters. The Labute approximate surface area is 162 Å². The zero-order valence-corrected chi connectivity index (χ0v) is 18.5. The molecule has 1 amide bonds. The van der Waals surface area contributed by atoms with Gasteiger partial charge in [-0.05, 0) is 44.4 Å². The van der Waals surface area contributed by atoms with Crippen LogP contribution in [0.25, 0.3) is 0 Å². The van der Waals surface area contributed by atoms with Crippen LogP contribution in [-0.2, 0) is 4.79 Å². The lowest BCUT2D eigenvalue weighted by molar-refractivity contribution is -0.143. The van der Waals surface area contributed by atoms with Crippen molar-refractivity contribution in [1.29, 1.82) is 0 Å². The Morgan fingerprint density at radius 2 is 1.46 bits per heavy atom. The van der Waals surface area contributed by atoms with Crippen LogP contribution in [0.1, 0.15) is 67.7 Å². The number of hydrogen-bond donors (Lipinski definition) is 0. The molecule has 0 unspecified atom stereocenters. The Bertz CT molecular complexity index is 450. The minimum absolute atomic E-state index is 0.190. The first-order valence-corrected chi connectivity index (χ1v) is 10.7. The van der Waals surface area contributed by atoms with Crippen LogP contribution in [-0.4, -0.2) is 72.5 Å². The number of piperazine rings is 1. The van der Waals surface area contributed by atoms with E-state index in [1.807, 2.05) is 0 Å². The molecule has 0 N–H and O–H groups in total. The normalized spacial score (nSPS) is 22.2. The van der Waals surface area contributed by atoms with Crippen LogP contribution in [0.4, 0.5) is 0 Å². The fraction of sp³-hybridized carbons (Fsp3) is 0.955. The van der Waals surface area contributed by atoms with Crippen LogP contribution in [0.2, 0.25) is 0 Å². The molecule has 0 aromatic heterocycles. The standard InChI is InChI=1S/C22H43N3O/c1-18(2)24-14-12-23(13-15-24)16-19-8-10-25(11-9-19)20(26)22(6,7)17-21(3,4)5/h18-19H,8-17H2,1-7H3. The molecular weight excluding hydrogens is 322 g/mol. The molecule has 4 nitrogen and oxygen atoms in total. The second kappa shape index (κ2) is 8.60. The molecule has 152 valence electrons. The van der Waals surface area contributed by atoms with Crippen molar-refractivity contribution in [3.05, 3.63) is 0 Å². The SMILES string of the molecule is CC(C)N1CCN(CC2CCN(C(=O)C(C)(C)CC(C)(C)C)CC2)CC1. The molecule has 0 radical (unpaired) electrons. The van der Waals surface area contributed by atoms with Crippen LogP contribution < -0.4 is 0 Å². The van der Waals surface area contributed by atoms with E-state index in [-0.39, 0.29) is 10.8 Å². The van der Waals surface area contributed by atoms with Gasteiger partial charge in [0.25, 0.3) is 0 Å². The summed E-state index contributed by atoms with van der Waals surface area (Å²) >= 11 is 0. The van der Waals surface area contributed by atoms with Gasteiger partial charge in [-0.2, -0.15) is 0 Å². The average molecular weight is 366 g/mol. The largest absolute Gasteiger partial charge is 0.342 e. The van der Waals surface area contributed by atoms with Gasteiger partial charge < -0.3 is 9.80 Å². The predicted octanol–water partition coefficient (Wildman–Crippen LogP) is 3.71. The summed E-state index contributed by atoms with van der Waals surface area (Å²) in [6.07, 6.45) is 3.28. The maximum Gasteiger partial charge on any atom is 0.228 e. The zero-order chi connectivity index (χ0) is 19.5. The number of rotatable bonds is 5. The van der Waals surface area contributed by atoms with E-state index >= 15 is 0 Å². The van der Waals surface area contributed by atoms with Crippen LogP contribution in [0.3, 0.4) is 0 Å². The number of carbonyl (C=O) groups excluding carboxylic acids is 1. The Morgan fingerprint density at radius 3 is 1.92 bits per heavy atom. The molecule has 0 aliphatic carbocycles. The Hall–Kier alpha value is -0.610. The third-order valence-corrected chi connectivity index (χ3v) is 6.11. The van der Waals surface area contributed by atoms with Gasteiger partial charge in [-0.3, -0.25) is 9.69 Å². The number of piperidine rings is 1. The predicted molar refractivity (Wildman–Crippen MR) is 110 cm³/mol. The molecule has 0 spiro atoms. The number of hydrogen-bond acceptors (Lipinski definition) is 3. The Morgan fingerprint density at radius 1 is 0.923 bits per heavy atom. The molecule has 4 heteroatoms. The molecule has 0 bridgehead atoms. The van der Waals surface area contributed by atoms with Gasteiger partial charge in [-0.15, -0.1) is 0 Å². The quantitative estimate of drug-likeness (QED) is 0.743. The molecule has 2 aliphatic rings. The van der Waals surface area contributed by atoms with Gasteiger partial charge >= 0.3 is 0 Å². The second-order valence-corrected chi connectivity index (χ2v) is 10.8. The maximum atomic E-state index is 13.0.